The van der Waals surface area contributed by atoms with Crippen molar-refractivity contribution in [3.05, 3.63) is 130 Å². The van der Waals surface area contributed by atoms with Gasteiger partial charge in [-0.2, -0.15) is 0 Å². The van der Waals surface area contributed by atoms with E-state index >= 15 is 0 Å². The Bertz CT molecular complexity index is 1480. The van der Waals surface area contributed by atoms with Gasteiger partial charge in [0, 0.05) is 28.6 Å². The minimum absolute atomic E-state index is 0.0598. The van der Waals surface area contributed by atoms with Gasteiger partial charge in [-0.05, 0) is 102 Å². The van der Waals surface area contributed by atoms with E-state index in [1.807, 2.05) is 0 Å². The highest BCUT2D eigenvalue weighted by Gasteiger charge is 2.38. The van der Waals surface area contributed by atoms with Crippen molar-refractivity contribution in [3.63, 3.8) is 0 Å². The zero-order valence-electron chi connectivity index (χ0n) is 35.2. The molecular weight excluding hydrogens is 665 g/mol. The molecule has 0 heterocycles. The van der Waals surface area contributed by atoms with Crippen molar-refractivity contribution in [1.29, 1.82) is 0 Å². The fraction of sp³-hybridized carbons (Fsp3) is 0.547. The molecule has 2 atom stereocenters. The number of nitrogens with two attached hydrogens (primary N) is 2. The van der Waals surface area contributed by atoms with Crippen molar-refractivity contribution in [1.82, 2.24) is 0 Å². The lowest BCUT2D eigenvalue weighted by Crippen LogP contribution is -2.33. The van der Waals surface area contributed by atoms with Gasteiger partial charge < -0.3 is 11.5 Å². The molecule has 0 amide bonds. The smallest absolute Gasteiger partial charge is 0.0314 e. The quantitative estimate of drug-likeness (QED) is 0.0555. The maximum Gasteiger partial charge on any atom is 0.0314 e. The van der Waals surface area contributed by atoms with E-state index in [9.17, 15) is 0 Å². The molecule has 2 nitrogen and oxygen atoms in total. The minimum atomic E-state index is 0.0598. The van der Waals surface area contributed by atoms with Crippen LogP contribution in [0.1, 0.15) is 207 Å². The summed E-state index contributed by atoms with van der Waals surface area (Å²) in [5, 5.41) is 0. The lowest BCUT2D eigenvalue weighted by atomic mass is 9.62. The molecule has 0 bridgehead atoms. The molecule has 4 aromatic rings. The molecule has 4 N–H and O–H groups in total. The molecule has 0 spiro atoms. The molecule has 1 aliphatic carbocycles. The van der Waals surface area contributed by atoms with Crippen LogP contribution in [0.4, 0.5) is 11.4 Å². The van der Waals surface area contributed by atoms with E-state index in [0.29, 0.717) is 11.8 Å². The Balaban J connectivity index is 1.41. The summed E-state index contributed by atoms with van der Waals surface area (Å²) in [4.78, 5) is 0. The van der Waals surface area contributed by atoms with Crippen LogP contribution >= 0.6 is 0 Å². The van der Waals surface area contributed by atoms with Gasteiger partial charge in [0.2, 0.25) is 0 Å². The first-order valence-corrected chi connectivity index (χ1v) is 22.9. The van der Waals surface area contributed by atoms with E-state index in [0.717, 1.165) is 17.3 Å². The zero-order valence-corrected chi connectivity index (χ0v) is 35.2. The SMILES string of the molecule is CCCCCCCCC(c1ccc(N)cc1)c1ccc(C2(c3ccc(C(CCCCCCCC)c4ccc(N)cc4)cc3)CCC(CCCCC)CC2)cc1. The Morgan fingerprint density at radius 3 is 1.15 bits per heavy atom. The predicted octanol–water partition coefficient (Wildman–Crippen LogP) is 15.7. The monoisotopic (exact) mass is 741 g/mol. The van der Waals surface area contributed by atoms with Gasteiger partial charge in [0.15, 0.2) is 0 Å². The molecule has 0 aliphatic heterocycles. The molecule has 55 heavy (non-hydrogen) atoms. The largest absolute Gasteiger partial charge is 0.399 e. The fourth-order valence-corrected chi connectivity index (χ4v) is 9.72. The van der Waals surface area contributed by atoms with Gasteiger partial charge in [-0.25, -0.2) is 0 Å². The maximum absolute atomic E-state index is 6.15. The number of hydrogen-bond donors (Lipinski definition) is 2. The average molecular weight is 741 g/mol. The Hall–Kier alpha value is -3.52. The normalized spacial score (nSPS) is 18.3. The summed E-state index contributed by atoms with van der Waals surface area (Å²) in [5.41, 5.74) is 22.7. The summed E-state index contributed by atoms with van der Waals surface area (Å²) < 4.78 is 0. The van der Waals surface area contributed by atoms with Crippen LogP contribution in [-0.4, -0.2) is 0 Å². The molecule has 2 unspecified atom stereocenters. The molecule has 2 heteroatoms. The predicted molar refractivity (Wildman–Crippen MR) is 241 cm³/mol. The molecule has 298 valence electrons. The highest BCUT2D eigenvalue weighted by atomic mass is 14.5. The third-order valence-corrected chi connectivity index (χ3v) is 13.3. The lowest BCUT2D eigenvalue weighted by molar-refractivity contribution is 0.250. The number of anilines is 2. The van der Waals surface area contributed by atoms with Crippen LogP contribution in [0.25, 0.3) is 0 Å². The van der Waals surface area contributed by atoms with Gasteiger partial charge in [0.25, 0.3) is 0 Å². The van der Waals surface area contributed by atoms with Crippen molar-refractivity contribution in [3.8, 4) is 0 Å². The number of rotatable bonds is 24. The molecule has 5 rings (SSSR count). The molecule has 0 radical (unpaired) electrons. The second-order valence-electron chi connectivity index (χ2n) is 17.3. The van der Waals surface area contributed by atoms with Gasteiger partial charge in [-0.3, -0.25) is 0 Å². The van der Waals surface area contributed by atoms with E-state index in [2.05, 4.69) is 118 Å². The first kappa shape index (κ1) is 42.6. The van der Waals surface area contributed by atoms with Gasteiger partial charge >= 0.3 is 0 Å². The summed E-state index contributed by atoms with van der Waals surface area (Å²) in [6, 6.07) is 37.4. The molecule has 1 aliphatic rings. The topological polar surface area (TPSA) is 52.0 Å². The Morgan fingerprint density at radius 1 is 0.436 bits per heavy atom. The van der Waals surface area contributed by atoms with Crippen molar-refractivity contribution in [2.45, 2.75) is 179 Å². The van der Waals surface area contributed by atoms with Crippen LogP contribution in [0.15, 0.2) is 97.1 Å². The van der Waals surface area contributed by atoms with Crippen molar-refractivity contribution in [2.24, 2.45) is 5.92 Å². The van der Waals surface area contributed by atoms with Crippen LogP contribution in [0.5, 0.6) is 0 Å². The van der Waals surface area contributed by atoms with Crippen LogP contribution in [0.2, 0.25) is 0 Å². The van der Waals surface area contributed by atoms with E-state index < -0.39 is 0 Å². The van der Waals surface area contributed by atoms with E-state index in [1.165, 1.54) is 175 Å². The minimum Gasteiger partial charge on any atom is -0.399 e. The summed E-state index contributed by atoms with van der Waals surface area (Å²) in [6.07, 6.45) is 28.9. The van der Waals surface area contributed by atoms with Gasteiger partial charge in [0.1, 0.15) is 0 Å². The third-order valence-electron chi connectivity index (χ3n) is 13.3. The first-order valence-electron chi connectivity index (χ1n) is 22.9. The maximum atomic E-state index is 6.15. The molecule has 1 saturated carbocycles. The number of benzene rings is 4. The molecular formula is C53H76N2. The van der Waals surface area contributed by atoms with Crippen molar-refractivity contribution >= 4 is 11.4 Å². The number of nitrogen functional groups attached to an aromatic ring is 2. The summed E-state index contributed by atoms with van der Waals surface area (Å²) >= 11 is 0. The van der Waals surface area contributed by atoms with Gasteiger partial charge in [0.05, 0.1) is 0 Å². The van der Waals surface area contributed by atoms with Crippen LogP contribution in [0, 0.1) is 5.92 Å². The fourth-order valence-electron chi connectivity index (χ4n) is 9.72. The summed E-state index contributed by atoms with van der Waals surface area (Å²) in [6.45, 7) is 6.93. The lowest BCUT2D eigenvalue weighted by Gasteiger charge is -2.42. The number of unbranched alkanes of at least 4 members (excludes halogenated alkanes) is 12. The van der Waals surface area contributed by atoms with E-state index in [-0.39, 0.29) is 5.41 Å². The molecule has 4 aromatic carbocycles. The van der Waals surface area contributed by atoms with Gasteiger partial charge in [-0.15, -0.1) is 0 Å². The Morgan fingerprint density at radius 2 is 0.764 bits per heavy atom. The first-order chi connectivity index (χ1) is 27.0. The van der Waals surface area contributed by atoms with E-state index in [1.54, 1.807) is 0 Å². The van der Waals surface area contributed by atoms with Crippen molar-refractivity contribution in [2.75, 3.05) is 11.5 Å². The Kier molecular flexibility index (Phi) is 17.7. The second-order valence-corrected chi connectivity index (χ2v) is 17.3. The van der Waals surface area contributed by atoms with Crippen LogP contribution in [-0.2, 0) is 5.41 Å². The van der Waals surface area contributed by atoms with E-state index in [4.69, 9.17) is 11.5 Å². The average Bonchev–Trinajstić information content (AvgIpc) is 3.22. The standard InChI is InChI=1S/C53H76N2/c1-4-7-10-12-14-17-20-51(45-26-34-49(54)35-27-45)43-22-30-47(31-23-43)53(40-38-42(39-41-53)19-16-9-6-3)48-32-24-44(25-33-48)52(21-18-15-13-11-8-5-2)46-28-36-50(55)37-29-46/h22-37,42,51-52H,4-21,38-41,54-55H2,1-3H3. The van der Waals surface area contributed by atoms with Gasteiger partial charge in [-0.1, -0.05) is 196 Å². The molecule has 0 aromatic heterocycles. The Labute approximate surface area is 337 Å². The molecule has 1 fully saturated rings. The highest BCUT2D eigenvalue weighted by molar-refractivity contribution is 5.47. The summed E-state index contributed by atoms with van der Waals surface area (Å²) in [5.74, 6) is 1.67. The zero-order chi connectivity index (χ0) is 38.7. The number of hydrogen-bond acceptors (Lipinski definition) is 2. The summed E-state index contributed by atoms with van der Waals surface area (Å²) in [7, 11) is 0. The second kappa shape index (κ2) is 22.9. The van der Waals surface area contributed by atoms with Crippen LogP contribution in [0.3, 0.4) is 0 Å². The molecule has 0 saturated heterocycles. The van der Waals surface area contributed by atoms with Crippen molar-refractivity contribution < 1.29 is 0 Å². The highest BCUT2D eigenvalue weighted by Crippen LogP contribution is 2.48. The van der Waals surface area contributed by atoms with Crippen LogP contribution < -0.4 is 11.5 Å². The third kappa shape index (κ3) is 12.5.